The number of piperidine rings is 1. The van der Waals surface area contributed by atoms with Crippen LogP contribution in [0.1, 0.15) is 37.0 Å². The number of carbonyl (C=O) groups is 2. The standard InChI is InChI=1S/C16H24N4O4S/c1-11(2)25(23,24)19-13-6-8-20(9-7-13)16(22)18-14-5-3-4-12(10-14)15(17)21/h3-5,10-11,13,19H,6-9H2,1-2H3,(H2,17,21)(H,18,22). The smallest absolute Gasteiger partial charge is 0.321 e. The van der Waals surface area contributed by atoms with Crippen LogP contribution in [-0.2, 0) is 10.0 Å². The summed E-state index contributed by atoms with van der Waals surface area (Å²) in [5.74, 6) is -0.561. The first-order chi connectivity index (χ1) is 11.7. The summed E-state index contributed by atoms with van der Waals surface area (Å²) >= 11 is 0. The average molecular weight is 368 g/mol. The Morgan fingerprint density at radius 3 is 2.44 bits per heavy atom. The van der Waals surface area contributed by atoms with Crippen molar-refractivity contribution in [3.8, 4) is 0 Å². The van der Waals surface area contributed by atoms with Gasteiger partial charge < -0.3 is 16.0 Å². The van der Waals surface area contributed by atoms with Crippen molar-refractivity contribution in [3.05, 3.63) is 29.8 Å². The van der Waals surface area contributed by atoms with Crippen LogP contribution in [0, 0.1) is 0 Å². The summed E-state index contributed by atoms with van der Waals surface area (Å²) in [5, 5.41) is 2.25. The summed E-state index contributed by atoms with van der Waals surface area (Å²) in [5.41, 5.74) is 6.03. The van der Waals surface area contributed by atoms with E-state index in [1.165, 1.54) is 6.07 Å². The molecular weight excluding hydrogens is 344 g/mol. The fourth-order valence-electron chi connectivity index (χ4n) is 2.52. The molecule has 0 aromatic heterocycles. The van der Waals surface area contributed by atoms with Crippen LogP contribution in [-0.4, -0.2) is 49.6 Å². The molecular formula is C16H24N4O4S. The van der Waals surface area contributed by atoms with Crippen molar-refractivity contribution < 1.29 is 18.0 Å². The quantitative estimate of drug-likeness (QED) is 0.720. The van der Waals surface area contributed by atoms with E-state index in [0.29, 0.717) is 37.2 Å². The van der Waals surface area contributed by atoms with Gasteiger partial charge in [-0.2, -0.15) is 0 Å². The maximum atomic E-state index is 12.3. The van der Waals surface area contributed by atoms with E-state index in [-0.39, 0.29) is 12.1 Å². The highest BCUT2D eigenvalue weighted by atomic mass is 32.2. The van der Waals surface area contributed by atoms with E-state index in [1.54, 1.807) is 36.9 Å². The van der Waals surface area contributed by atoms with Crippen molar-refractivity contribution in [2.75, 3.05) is 18.4 Å². The first-order valence-corrected chi connectivity index (χ1v) is 9.70. The molecule has 0 unspecified atom stereocenters. The van der Waals surface area contributed by atoms with Gasteiger partial charge in [0.2, 0.25) is 15.9 Å². The fourth-order valence-corrected chi connectivity index (χ4v) is 3.49. The molecule has 0 spiro atoms. The number of hydrogen-bond acceptors (Lipinski definition) is 4. The van der Waals surface area contributed by atoms with Crippen LogP contribution < -0.4 is 15.8 Å². The lowest BCUT2D eigenvalue weighted by Gasteiger charge is -2.32. The lowest BCUT2D eigenvalue weighted by Crippen LogP contribution is -2.48. The number of carbonyl (C=O) groups excluding carboxylic acids is 2. The van der Waals surface area contributed by atoms with E-state index in [9.17, 15) is 18.0 Å². The molecule has 138 valence electrons. The number of benzene rings is 1. The number of nitrogens with one attached hydrogen (secondary N) is 2. The summed E-state index contributed by atoms with van der Waals surface area (Å²) in [6, 6.07) is 5.96. The number of anilines is 1. The van der Waals surface area contributed by atoms with Gasteiger partial charge >= 0.3 is 6.03 Å². The van der Waals surface area contributed by atoms with E-state index >= 15 is 0 Å². The molecule has 8 nitrogen and oxygen atoms in total. The van der Waals surface area contributed by atoms with Crippen LogP contribution in [0.4, 0.5) is 10.5 Å². The van der Waals surface area contributed by atoms with Crippen LogP contribution in [0.2, 0.25) is 0 Å². The molecule has 0 atom stereocenters. The van der Waals surface area contributed by atoms with Gasteiger partial charge in [0.05, 0.1) is 5.25 Å². The lowest BCUT2D eigenvalue weighted by atomic mass is 10.1. The number of amides is 3. The Balaban J connectivity index is 1.89. The van der Waals surface area contributed by atoms with Gasteiger partial charge in [-0.15, -0.1) is 0 Å². The van der Waals surface area contributed by atoms with Crippen LogP contribution in [0.15, 0.2) is 24.3 Å². The van der Waals surface area contributed by atoms with Crippen molar-refractivity contribution in [2.24, 2.45) is 5.73 Å². The van der Waals surface area contributed by atoms with Gasteiger partial charge in [-0.05, 0) is 44.9 Å². The Morgan fingerprint density at radius 1 is 1.24 bits per heavy atom. The lowest BCUT2D eigenvalue weighted by molar-refractivity contribution is 0.1000. The molecule has 1 aromatic carbocycles. The Kier molecular flexibility index (Phi) is 6.02. The highest BCUT2D eigenvalue weighted by Crippen LogP contribution is 2.15. The molecule has 2 rings (SSSR count). The normalized spacial score (nSPS) is 16.0. The average Bonchev–Trinajstić information content (AvgIpc) is 2.55. The predicted molar refractivity (Wildman–Crippen MR) is 95.8 cm³/mol. The van der Waals surface area contributed by atoms with Crippen molar-refractivity contribution in [2.45, 2.75) is 38.0 Å². The van der Waals surface area contributed by atoms with Gasteiger partial charge in [0, 0.05) is 30.4 Å². The van der Waals surface area contributed by atoms with E-state index in [2.05, 4.69) is 10.0 Å². The van der Waals surface area contributed by atoms with Gasteiger partial charge in [-0.25, -0.2) is 17.9 Å². The molecule has 0 aliphatic carbocycles. The summed E-state index contributed by atoms with van der Waals surface area (Å²) in [4.78, 5) is 25.1. The van der Waals surface area contributed by atoms with Gasteiger partial charge in [-0.3, -0.25) is 4.79 Å². The number of likely N-dealkylation sites (tertiary alicyclic amines) is 1. The third kappa shape index (κ3) is 5.17. The minimum Gasteiger partial charge on any atom is -0.366 e. The monoisotopic (exact) mass is 368 g/mol. The number of nitrogens with two attached hydrogens (primary N) is 1. The van der Waals surface area contributed by atoms with E-state index in [0.717, 1.165) is 0 Å². The first-order valence-electron chi connectivity index (χ1n) is 8.16. The second kappa shape index (κ2) is 7.83. The fraction of sp³-hybridized carbons (Fsp3) is 0.500. The second-order valence-corrected chi connectivity index (χ2v) is 8.62. The molecule has 3 amide bonds. The Morgan fingerprint density at radius 2 is 1.88 bits per heavy atom. The number of sulfonamides is 1. The van der Waals surface area contributed by atoms with Crippen LogP contribution >= 0.6 is 0 Å². The molecule has 0 saturated carbocycles. The molecule has 1 aromatic rings. The third-order valence-corrected chi connectivity index (χ3v) is 6.04. The Hall–Kier alpha value is -2.13. The van der Waals surface area contributed by atoms with Crippen molar-refractivity contribution in [1.29, 1.82) is 0 Å². The van der Waals surface area contributed by atoms with Crippen LogP contribution in [0.25, 0.3) is 0 Å². The molecule has 0 radical (unpaired) electrons. The van der Waals surface area contributed by atoms with Gasteiger partial charge in [0.15, 0.2) is 0 Å². The van der Waals surface area contributed by atoms with E-state index in [1.807, 2.05) is 0 Å². The van der Waals surface area contributed by atoms with Crippen molar-refractivity contribution in [1.82, 2.24) is 9.62 Å². The van der Waals surface area contributed by atoms with Crippen molar-refractivity contribution >= 4 is 27.6 Å². The molecule has 1 fully saturated rings. The molecule has 25 heavy (non-hydrogen) atoms. The van der Waals surface area contributed by atoms with Gasteiger partial charge in [-0.1, -0.05) is 6.07 Å². The topological polar surface area (TPSA) is 122 Å². The molecule has 1 aliphatic heterocycles. The first kappa shape index (κ1) is 19.2. The SMILES string of the molecule is CC(C)S(=O)(=O)NC1CCN(C(=O)Nc2cccc(C(N)=O)c2)CC1. The molecule has 1 saturated heterocycles. The largest absolute Gasteiger partial charge is 0.366 e. The predicted octanol–water partition coefficient (Wildman–Crippen LogP) is 1.11. The zero-order valence-electron chi connectivity index (χ0n) is 14.4. The second-order valence-electron chi connectivity index (χ2n) is 6.35. The number of nitrogens with zero attached hydrogens (tertiary/aromatic N) is 1. The number of hydrogen-bond donors (Lipinski definition) is 3. The minimum atomic E-state index is -3.31. The summed E-state index contributed by atoms with van der Waals surface area (Å²) in [6.45, 7) is 4.16. The van der Waals surface area contributed by atoms with Gasteiger partial charge in [0.1, 0.15) is 0 Å². The molecule has 1 heterocycles. The van der Waals surface area contributed by atoms with Crippen LogP contribution in [0.5, 0.6) is 0 Å². The Labute approximate surface area is 147 Å². The Bertz CT molecular complexity index is 740. The highest BCUT2D eigenvalue weighted by molar-refractivity contribution is 7.90. The zero-order valence-corrected chi connectivity index (χ0v) is 15.2. The highest BCUT2D eigenvalue weighted by Gasteiger charge is 2.27. The minimum absolute atomic E-state index is 0.158. The summed E-state index contributed by atoms with van der Waals surface area (Å²) < 4.78 is 26.5. The molecule has 9 heteroatoms. The number of primary amides is 1. The van der Waals surface area contributed by atoms with Crippen molar-refractivity contribution in [3.63, 3.8) is 0 Å². The molecule has 1 aliphatic rings. The number of rotatable bonds is 5. The van der Waals surface area contributed by atoms with Gasteiger partial charge in [0.25, 0.3) is 0 Å². The van der Waals surface area contributed by atoms with E-state index < -0.39 is 21.2 Å². The molecule has 0 bridgehead atoms. The maximum absolute atomic E-state index is 12.3. The summed E-state index contributed by atoms with van der Waals surface area (Å²) in [6.07, 6.45) is 1.11. The maximum Gasteiger partial charge on any atom is 0.321 e. The van der Waals surface area contributed by atoms with E-state index in [4.69, 9.17) is 5.73 Å². The molecule has 4 N–H and O–H groups in total. The summed E-state index contributed by atoms with van der Waals surface area (Å²) in [7, 11) is -3.31. The zero-order chi connectivity index (χ0) is 18.6. The third-order valence-electron chi connectivity index (χ3n) is 4.13. The number of urea groups is 1. The van der Waals surface area contributed by atoms with Crippen LogP contribution in [0.3, 0.4) is 0 Å².